The number of nitrogens with one attached hydrogen (secondary N) is 2. The minimum Gasteiger partial charge on any atom is -0.508 e. The van der Waals surface area contributed by atoms with Gasteiger partial charge in [-0.15, -0.1) is 0 Å². The predicted octanol–water partition coefficient (Wildman–Crippen LogP) is 7.11. The third kappa shape index (κ3) is 8.51. The van der Waals surface area contributed by atoms with Gasteiger partial charge in [0.1, 0.15) is 23.1 Å². The Kier molecular flexibility index (Phi) is 14.5. The number of halogens is 2. The minimum absolute atomic E-state index is 0.0794. The van der Waals surface area contributed by atoms with E-state index in [1.165, 1.54) is 36.4 Å². The van der Waals surface area contributed by atoms with E-state index >= 15 is 23.2 Å². The maximum absolute atomic E-state index is 17.7. The van der Waals surface area contributed by atoms with Crippen LogP contribution in [0.3, 0.4) is 0 Å². The van der Waals surface area contributed by atoms with Crippen LogP contribution in [0.4, 0.5) is 8.78 Å². The molecule has 0 radical (unpaired) electrons. The van der Waals surface area contributed by atoms with Crippen LogP contribution in [0, 0.1) is 37.3 Å². The van der Waals surface area contributed by atoms with Crippen LogP contribution in [0.5, 0.6) is 11.5 Å². The van der Waals surface area contributed by atoms with E-state index in [-0.39, 0.29) is 91.0 Å². The molecule has 4 N–H and O–H groups in total. The molecule has 4 aromatic rings. The summed E-state index contributed by atoms with van der Waals surface area (Å²) in [6, 6.07) is 20.3. The summed E-state index contributed by atoms with van der Waals surface area (Å²) in [7, 11) is 3.17. The molecule has 0 aromatic heterocycles. The Morgan fingerprint density at radius 2 is 1.06 bits per heavy atom. The summed E-state index contributed by atoms with van der Waals surface area (Å²) in [4.78, 5) is 52.9. The number of aromatic hydroxyl groups is 2. The third-order valence-corrected chi connectivity index (χ3v) is 15.5. The molecule has 0 bridgehead atoms. The SMILES string of the molecule is COCCN1[C@H](C(=O)c2cccc(O)c2)[C@H](c2cccc(F)c2C)C[C@]1(C(=O)[C@]1(C2CCCNC2)C[C@@H](c2cccc(F)c2C)[C@@H](C(=O)c2cccc(O)c2)N1CCOC)C1CCCNC1. The lowest BCUT2D eigenvalue weighted by Gasteiger charge is -2.54. The lowest BCUT2D eigenvalue weighted by atomic mass is 9.62. The third-order valence-electron chi connectivity index (χ3n) is 15.5. The van der Waals surface area contributed by atoms with Gasteiger partial charge in [0.15, 0.2) is 17.3 Å². The van der Waals surface area contributed by atoms with Crippen molar-refractivity contribution in [2.75, 3.05) is 66.7 Å². The molecule has 11 nitrogen and oxygen atoms in total. The number of likely N-dealkylation sites (tertiary alicyclic amines) is 2. The number of nitrogens with zero attached hydrogens (tertiary/aromatic N) is 2. The quantitative estimate of drug-likeness (QED) is 0.0856. The normalized spacial score (nSPS) is 28.4. The number of hydrogen-bond acceptors (Lipinski definition) is 11. The van der Waals surface area contributed by atoms with Crippen molar-refractivity contribution < 1.29 is 42.9 Å². The van der Waals surface area contributed by atoms with Gasteiger partial charge in [-0.05, 0) is 136 Å². The highest BCUT2D eigenvalue weighted by atomic mass is 19.1. The molecule has 4 fully saturated rings. The van der Waals surface area contributed by atoms with Crippen LogP contribution < -0.4 is 10.6 Å². The van der Waals surface area contributed by atoms with Gasteiger partial charge in [0.25, 0.3) is 0 Å². The molecule has 66 heavy (non-hydrogen) atoms. The Labute approximate surface area is 386 Å². The van der Waals surface area contributed by atoms with Crippen LogP contribution in [0.2, 0.25) is 0 Å². The summed E-state index contributed by atoms with van der Waals surface area (Å²) in [6.07, 6.45) is 3.16. The topological polar surface area (TPSA) is 141 Å². The molecule has 0 aliphatic carbocycles. The summed E-state index contributed by atoms with van der Waals surface area (Å²) >= 11 is 0. The zero-order valence-corrected chi connectivity index (χ0v) is 38.5. The molecule has 4 aliphatic rings. The zero-order valence-electron chi connectivity index (χ0n) is 38.5. The van der Waals surface area contributed by atoms with Gasteiger partial charge < -0.3 is 30.3 Å². The van der Waals surface area contributed by atoms with E-state index in [9.17, 15) is 10.2 Å². The fourth-order valence-corrected chi connectivity index (χ4v) is 12.5. The lowest BCUT2D eigenvalue weighted by molar-refractivity contribution is -0.152. The molecule has 8 rings (SSSR count). The molecule has 0 spiro atoms. The molecule has 4 aliphatic heterocycles. The number of phenolic OH excluding ortho intramolecular Hbond substituents is 2. The number of ether oxygens (including phenoxy) is 2. The number of ketones is 3. The summed E-state index contributed by atoms with van der Waals surface area (Å²) in [5.41, 5.74) is -0.261. The number of Topliss-reactive ketones (excluding diaryl/α,β-unsaturated/α-hetero) is 3. The smallest absolute Gasteiger partial charge is 0.180 e. The first-order valence-corrected chi connectivity index (χ1v) is 23.5. The predicted molar refractivity (Wildman–Crippen MR) is 248 cm³/mol. The summed E-state index contributed by atoms with van der Waals surface area (Å²) < 4.78 is 43.4. The van der Waals surface area contributed by atoms with E-state index in [1.807, 2.05) is 12.1 Å². The molecule has 8 atom stereocenters. The van der Waals surface area contributed by atoms with Gasteiger partial charge in [-0.25, -0.2) is 8.78 Å². The van der Waals surface area contributed by atoms with Crippen LogP contribution in [-0.2, 0) is 14.3 Å². The maximum Gasteiger partial charge on any atom is 0.180 e. The molecule has 352 valence electrons. The number of phenols is 2. The van der Waals surface area contributed by atoms with Crippen molar-refractivity contribution in [1.29, 1.82) is 0 Å². The van der Waals surface area contributed by atoms with Crippen molar-refractivity contribution in [3.05, 3.63) is 130 Å². The van der Waals surface area contributed by atoms with Crippen molar-refractivity contribution in [2.45, 2.75) is 87.4 Å². The van der Waals surface area contributed by atoms with E-state index in [0.717, 1.165) is 25.9 Å². The van der Waals surface area contributed by atoms with E-state index in [0.29, 0.717) is 48.2 Å². The van der Waals surface area contributed by atoms with Crippen molar-refractivity contribution in [2.24, 2.45) is 11.8 Å². The van der Waals surface area contributed by atoms with Crippen LogP contribution in [0.15, 0.2) is 84.9 Å². The second kappa shape index (κ2) is 20.1. The number of carbonyl (C=O) groups excluding carboxylic acids is 3. The zero-order chi connectivity index (χ0) is 46.8. The van der Waals surface area contributed by atoms with E-state index < -0.39 is 46.6 Å². The van der Waals surface area contributed by atoms with E-state index in [2.05, 4.69) is 20.4 Å². The number of carbonyl (C=O) groups is 3. The Morgan fingerprint density at radius 1 is 0.652 bits per heavy atom. The van der Waals surface area contributed by atoms with Gasteiger partial charge in [0.2, 0.25) is 0 Å². The molecule has 4 heterocycles. The Balaban J connectivity index is 1.44. The van der Waals surface area contributed by atoms with Crippen molar-refractivity contribution in [3.8, 4) is 11.5 Å². The first-order chi connectivity index (χ1) is 31.9. The molecule has 4 aromatic carbocycles. The largest absolute Gasteiger partial charge is 0.508 e. The van der Waals surface area contributed by atoms with Crippen molar-refractivity contribution in [1.82, 2.24) is 20.4 Å². The standard InChI is InChI=1S/C53H64F2N4O7/c1-33-41(17-7-19-45(33)54)43-29-52(37-13-9-21-56-31-37,58(23-25-65-3)47(43)49(62)35-11-5-15-39(60)27-35)51(64)53(38-14-10-22-57-32-38)30-44(42-18-8-20-46(55)34(42)2)48(59(53)24-26-66-4)50(63)36-12-6-16-40(61)28-36/h5-8,11-12,15-20,27-28,37-38,43-44,47-48,56-57,60-61H,9-10,13-14,21-26,29-32H2,1-4H3/t37?,38?,43-,44-,47-,48-,52+,53+/m0/s1. The molecule has 2 unspecified atom stereocenters. The van der Waals surface area contributed by atoms with Gasteiger partial charge in [0, 0.05) is 63.4 Å². The summed E-state index contributed by atoms with van der Waals surface area (Å²) in [6.45, 7) is 6.54. The maximum atomic E-state index is 17.7. The molecule has 4 saturated heterocycles. The molecular formula is C53H64F2N4O7. The van der Waals surface area contributed by atoms with Gasteiger partial charge in [-0.3, -0.25) is 24.2 Å². The monoisotopic (exact) mass is 906 g/mol. The number of hydrogen-bond donors (Lipinski definition) is 4. The Hall–Kier alpha value is -4.89. The number of benzene rings is 4. The van der Waals surface area contributed by atoms with Crippen LogP contribution >= 0.6 is 0 Å². The van der Waals surface area contributed by atoms with Gasteiger partial charge >= 0.3 is 0 Å². The highest BCUT2D eigenvalue weighted by Crippen LogP contribution is 2.58. The number of methoxy groups -OCH3 is 2. The second-order valence-corrected chi connectivity index (χ2v) is 18.9. The molecular weight excluding hydrogens is 843 g/mol. The minimum atomic E-state index is -1.40. The number of rotatable bonds is 16. The van der Waals surface area contributed by atoms with Gasteiger partial charge in [0.05, 0.1) is 36.4 Å². The second-order valence-electron chi connectivity index (χ2n) is 18.9. The average molecular weight is 907 g/mol. The molecule has 13 heteroatoms. The van der Waals surface area contributed by atoms with E-state index in [4.69, 9.17) is 9.47 Å². The van der Waals surface area contributed by atoms with Crippen LogP contribution in [-0.4, -0.2) is 127 Å². The highest BCUT2D eigenvalue weighted by Gasteiger charge is 2.70. The first-order valence-electron chi connectivity index (χ1n) is 23.5. The van der Waals surface area contributed by atoms with Crippen molar-refractivity contribution >= 4 is 17.3 Å². The fraction of sp³-hybridized carbons (Fsp3) is 0.491. The Morgan fingerprint density at radius 3 is 1.42 bits per heavy atom. The highest BCUT2D eigenvalue weighted by molar-refractivity contribution is 6.06. The molecule has 0 amide bonds. The van der Waals surface area contributed by atoms with E-state index in [1.54, 1.807) is 64.5 Å². The van der Waals surface area contributed by atoms with Crippen LogP contribution in [0.1, 0.15) is 93.3 Å². The summed E-state index contributed by atoms with van der Waals surface area (Å²) in [5.74, 6) is -3.80. The summed E-state index contributed by atoms with van der Waals surface area (Å²) in [5, 5.41) is 28.7. The molecule has 0 saturated carbocycles. The first kappa shape index (κ1) is 47.6. The van der Waals surface area contributed by atoms with Gasteiger partial charge in [-0.2, -0.15) is 0 Å². The average Bonchev–Trinajstić information content (AvgIpc) is 3.86. The number of piperidine rings is 2. The Bertz CT molecular complexity index is 2240. The fourth-order valence-electron chi connectivity index (χ4n) is 12.5. The van der Waals surface area contributed by atoms with Crippen molar-refractivity contribution in [3.63, 3.8) is 0 Å². The van der Waals surface area contributed by atoms with Gasteiger partial charge in [-0.1, -0.05) is 48.5 Å². The lowest BCUT2D eigenvalue weighted by Crippen LogP contribution is -2.72. The van der Waals surface area contributed by atoms with Crippen LogP contribution in [0.25, 0.3) is 0 Å².